The van der Waals surface area contributed by atoms with Crippen LogP contribution in [0.15, 0.2) is 71.8 Å². The van der Waals surface area contributed by atoms with Crippen molar-refractivity contribution in [3.05, 3.63) is 83.2 Å². The highest BCUT2D eigenvalue weighted by molar-refractivity contribution is 6.03. The predicted molar refractivity (Wildman–Crippen MR) is 108 cm³/mol. The van der Waals surface area contributed by atoms with E-state index in [1.165, 1.54) is 29.1 Å². The lowest BCUT2D eigenvalue weighted by molar-refractivity contribution is -0.119. The van der Waals surface area contributed by atoms with E-state index in [1.54, 1.807) is 4.90 Å². The van der Waals surface area contributed by atoms with Gasteiger partial charge in [-0.15, -0.1) is 0 Å². The van der Waals surface area contributed by atoms with Crippen LogP contribution in [-0.2, 0) is 11.3 Å². The first kappa shape index (κ1) is 17.9. The van der Waals surface area contributed by atoms with Gasteiger partial charge in [0.25, 0.3) is 5.56 Å². The van der Waals surface area contributed by atoms with Crippen LogP contribution in [-0.4, -0.2) is 22.0 Å². The van der Waals surface area contributed by atoms with Gasteiger partial charge in [0, 0.05) is 18.0 Å². The zero-order valence-electron chi connectivity index (χ0n) is 15.3. The molecule has 0 aliphatic rings. The van der Waals surface area contributed by atoms with Crippen molar-refractivity contribution in [1.82, 2.24) is 9.55 Å². The minimum absolute atomic E-state index is 0.143. The Morgan fingerprint density at radius 1 is 1.07 bits per heavy atom. The van der Waals surface area contributed by atoms with E-state index in [9.17, 15) is 14.0 Å². The van der Waals surface area contributed by atoms with Gasteiger partial charge >= 0.3 is 0 Å². The minimum Gasteiger partial charge on any atom is -0.311 e. The van der Waals surface area contributed by atoms with Crippen molar-refractivity contribution in [2.75, 3.05) is 11.4 Å². The van der Waals surface area contributed by atoms with Crippen LogP contribution in [0.2, 0.25) is 0 Å². The summed E-state index contributed by atoms with van der Waals surface area (Å²) in [5.41, 5.74) is 0.705. The van der Waals surface area contributed by atoms with E-state index >= 15 is 0 Å². The van der Waals surface area contributed by atoms with Crippen LogP contribution in [0.25, 0.3) is 21.7 Å². The predicted octanol–water partition coefficient (Wildman–Crippen LogP) is 3.74. The first-order chi connectivity index (χ1) is 13.6. The molecule has 5 nitrogen and oxygen atoms in total. The topological polar surface area (TPSA) is 55.2 Å². The number of carbonyl (C=O) groups excluding carboxylic acids is 1. The molecule has 4 rings (SSSR count). The van der Waals surface area contributed by atoms with Crippen LogP contribution in [0.1, 0.15) is 6.92 Å². The molecule has 0 aliphatic carbocycles. The molecule has 0 saturated carbocycles. The molecule has 0 saturated heterocycles. The zero-order valence-corrected chi connectivity index (χ0v) is 15.3. The fourth-order valence-electron chi connectivity index (χ4n) is 3.40. The van der Waals surface area contributed by atoms with Crippen molar-refractivity contribution >= 4 is 33.3 Å². The van der Waals surface area contributed by atoms with Crippen LogP contribution in [0.3, 0.4) is 0 Å². The van der Waals surface area contributed by atoms with Crippen molar-refractivity contribution in [2.24, 2.45) is 0 Å². The van der Waals surface area contributed by atoms with E-state index < -0.39 is 5.82 Å². The Balaban J connectivity index is 1.70. The maximum absolute atomic E-state index is 13.3. The molecule has 4 aromatic rings. The highest BCUT2D eigenvalue weighted by Gasteiger charge is 2.18. The van der Waals surface area contributed by atoms with Gasteiger partial charge in [-0.25, -0.2) is 9.37 Å². The summed E-state index contributed by atoms with van der Waals surface area (Å²) in [6.07, 6.45) is 1.29. The quantitative estimate of drug-likeness (QED) is 0.546. The van der Waals surface area contributed by atoms with E-state index in [0.29, 0.717) is 6.54 Å². The average Bonchev–Trinajstić information content (AvgIpc) is 2.71. The number of likely N-dealkylation sites (N-methyl/N-ethyl adjacent to an activating group) is 1. The van der Waals surface area contributed by atoms with Gasteiger partial charge in [0.2, 0.25) is 5.91 Å². The van der Waals surface area contributed by atoms with Crippen LogP contribution in [0.4, 0.5) is 10.1 Å². The summed E-state index contributed by atoms with van der Waals surface area (Å²) in [7, 11) is 0. The molecular formula is C22H18FN3O2. The fraction of sp³-hybridized carbons (Fsp3) is 0.136. The number of nitrogens with zero attached hydrogens (tertiary/aromatic N) is 3. The van der Waals surface area contributed by atoms with E-state index in [-0.39, 0.29) is 28.9 Å². The van der Waals surface area contributed by atoms with Crippen LogP contribution < -0.4 is 10.5 Å². The Kier molecular flexibility index (Phi) is 4.61. The Morgan fingerprint density at radius 3 is 2.68 bits per heavy atom. The normalized spacial score (nSPS) is 11.1. The molecule has 0 radical (unpaired) electrons. The van der Waals surface area contributed by atoms with Gasteiger partial charge in [-0.3, -0.25) is 14.2 Å². The average molecular weight is 375 g/mol. The number of hydrogen-bond acceptors (Lipinski definition) is 3. The van der Waals surface area contributed by atoms with E-state index in [1.807, 2.05) is 49.4 Å². The molecule has 0 aliphatic heterocycles. The number of carbonyl (C=O) groups is 1. The molecule has 1 amide bonds. The third kappa shape index (κ3) is 3.13. The molecule has 0 bridgehead atoms. The maximum atomic E-state index is 13.3. The maximum Gasteiger partial charge on any atom is 0.261 e. The van der Waals surface area contributed by atoms with Crippen molar-refractivity contribution in [3.8, 4) is 0 Å². The zero-order chi connectivity index (χ0) is 19.7. The van der Waals surface area contributed by atoms with Gasteiger partial charge in [0.1, 0.15) is 12.4 Å². The number of amides is 1. The van der Waals surface area contributed by atoms with Gasteiger partial charge in [0.05, 0.1) is 22.9 Å². The standard InChI is InChI=1S/C22H18FN3O2/c1-2-26(20-9-5-7-15-6-3-4-8-17(15)20)21(27)13-25-14-24-19-12-16(23)10-11-18(19)22(25)28/h3-12,14H,2,13H2,1H3. The number of hydrogen-bond donors (Lipinski definition) is 0. The lowest BCUT2D eigenvalue weighted by Crippen LogP contribution is -2.36. The molecule has 0 atom stereocenters. The number of aromatic nitrogens is 2. The molecule has 0 unspecified atom stereocenters. The van der Waals surface area contributed by atoms with Gasteiger partial charge in [0.15, 0.2) is 0 Å². The Hall–Kier alpha value is -3.54. The van der Waals surface area contributed by atoms with Crippen molar-refractivity contribution in [3.63, 3.8) is 0 Å². The largest absolute Gasteiger partial charge is 0.311 e. The number of anilines is 1. The number of benzene rings is 3. The summed E-state index contributed by atoms with van der Waals surface area (Å²) < 4.78 is 14.6. The second kappa shape index (κ2) is 7.23. The number of halogens is 1. The monoisotopic (exact) mass is 375 g/mol. The SMILES string of the molecule is CCN(C(=O)Cn1cnc2cc(F)ccc2c1=O)c1cccc2ccccc12. The summed E-state index contributed by atoms with van der Waals surface area (Å²) in [4.78, 5) is 31.4. The van der Waals surface area contributed by atoms with Crippen molar-refractivity contribution < 1.29 is 9.18 Å². The third-order valence-corrected chi connectivity index (χ3v) is 4.77. The summed E-state index contributed by atoms with van der Waals surface area (Å²) >= 11 is 0. The molecule has 1 aromatic heterocycles. The molecule has 140 valence electrons. The molecule has 0 fully saturated rings. The Morgan fingerprint density at radius 2 is 1.86 bits per heavy atom. The summed E-state index contributed by atoms with van der Waals surface area (Å²) in [6, 6.07) is 17.5. The molecular weight excluding hydrogens is 357 g/mol. The van der Waals surface area contributed by atoms with E-state index in [0.717, 1.165) is 16.5 Å². The van der Waals surface area contributed by atoms with Gasteiger partial charge in [-0.2, -0.15) is 0 Å². The van der Waals surface area contributed by atoms with Crippen molar-refractivity contribution in [2.45, 2.75) is 13.5 Å². The van der Waals surface area contributed by atoms with Gasteiger partial charge in [-0.1, -0.05) is 36.4 Å². The van der Waals surface area contributed by atoms with Crippen LogP contribution >= 0.6 is 0 Å². The Bertz CT molecular complexity index is 1240. The van der Waals surface area contributed by atoms with Crippen molar-refractivity contribution in [1.29, 1.82) is 0 Å². The van der Waals surface area contributed by atoms with E-state index in [4.69, 9.17) is 0 Å². The van der Waals surface area contributed by atoms with Crippen LogP contribution in [0, 0.1) is 5.82 Å². The van der Waals surface area contributed by atoms with Crippen LogP contribution in [0.5, 0.6) is 0 Å². The highest BCUT2D eigenvalue weighted by Crippen LogP contribution is 2.26. The molecule has 6 heteroatoms. The lowest BCUT2D eigenvalue weighted by Gasteiger charge is -2.23. The number of fused-ring (bicyclic) bond motifs is 2. The second-order valence-electron chi connectivity index (χ2n) is 6.48. The minimum atomic E-state index is -0.457. The Labute approximate surface area is 160 Å². The second-order valence-corrected chi connectivity index (χ2v) is 6.48. The first-order valence-electron chi connectivity index (χ1n) is 9.01. The highest BCUT2D eigenvalue weighted by atomic mass is 19.1. The van der Waals surface area contributed by atoms with Gasteiger partial charge < -0.3 is 4.90 Å². The summed E-state index contributed by atoms with van der Waals surface area (Å²) in [5, 5.41) is 2.29. The summed E-state index contributed by atoms with van der Waals surface area (Å²) in [5.74, 6) is -0.675. The third-order valence-electron chi connectivity index (χ3n) is 4.77. The summed E-state index contributed by atoms with van der Waals surface area (Å²) in [6.45, 7) is 2.22. The molecule has 0 spiro atoms. The molecule has 1 heterocycles. The smallest absolute Gasteiger partial charge is 0.261 e. The number of rotatable bonds is 4. The fourth-order valence-corrected chi connectivity index (χ4v) is 3.40. The molecule has 28 heavy (non-hydrogen) atoms. The van der Waals surface area contributed by atoms with E-state index in [2.05, 4.69) is 4.98 Å². The lowest BCUT2D eigenvalue weighted by atomic mass is 10.1. The first-order valence-corrected chi connectivity index (χ1v) is 9.01. The molecule has 0 N–H and O–H groups in total. The van der Waals surface area contributed by atoms with Gasteiger partial charge in [-0.05, 0) is 30.5 Å². The molecule has 3 aromatic carbocycles.